The molecular formula is C97H98ClF3K2O23. The van der Waals surface area contributed by atoms with Gasteiger partial charge in [0.15, 0.2) is 25.1 Å². The van der Waals surface area contributed by atoms with Crippen LogP contribution in [0.25, 0.3) is 28.0 Å². The van der Waals surface area contributed by atoms with Crippen LogP contribution in [0.2, 0.25) is 0 Å². The Kier molecular flexibility index (Phi) is 58.6. The van der Waals surface area contributed by atoms with Gasteiger partial charge in [-0.2, -0.15) is 0 Å². The fraction of sp³-hybridized carbons (Fsp3) is 0.155. The van der Waals surface area contributed by atoms with E-state index in [-0.39, 0.29) is 197 Å². The van der Waals surface area contributed by atoms with Crippen LogP contribution in [0, 0.1) is 13.8 Å². The van der Waals surface area contributed by atoms with Crippen LogP contribution in [0.5, 0.6) is 46.0 Å². The van der Waals surface area contributed by atoms with Gasteiger partial charge >= 0.3 is 115 Å². The molecule has 10 aromatic carbocycles. The van der Waals surface area contributed by atoms with Crippen molar-refractivity contribution >= 4 is 89.6 Å². The van der Waals surface area contributed by atoms with Crippen LogP contribution in [-0.2, 0) is 73.0 Å². The molecule has 0 saturated carbocycles. The standard InChI is InChI=1S/C21H20O4.2C17H15FO3.C17H14O3.C14H12O3.C5H8O2.C3H4ClF.CH2O3.CH2O2.CH4.2K.H2.H/c1-3-23-20(22)12-10-17-9-11-19(18-13-15(2)25-21(17)18)24-14-16-7-5-4-6-8-16;1-13(18)11-21-17-9-16(8-7-15(17)10-19)20-12-14-5-3-2-4-6-14;1-12(18)9-15-16(8-7-14(10-19)17(15)20)21-11-13-5-3-2-4-6-13;1-12-9-15-16(8-7-14(10-18)17(15)20-12)19-11-13-5-3-2-4-6-13;15-9-12-6-7-13(8-14(12)16)17-10-11-4-2-1-3-5-11;1-3-5(6)7-4-2;1-3(5)2-4;2-1-4-3;2-1-3;;;;;/h4-13H,3,14H2,1-2H3;2-10H,1,11-12H2;2-8,10,20H,1,9,11H2;2-10H,11H2,1H3;1-9,16H,10H2;3H,1,4H2,2H3;1-2H2;1,3H;1H,(H,2,3);1H4;;;1H;/q;;;;;;;;;;2*+1;;-1/p-1/b12-10+;;;;;;;;;;;;;. The number of hydrogen-bond acceptors (Lipinski definition) is 22. The van der Waals surface area contributed by atoms with Gasteiger partial charge in [-0.05, 0) is 134 Å². The van der Waals surface area contributed by atoms with Crippen molar-refractivity contribution in [2.24, 2.45) is 0 Å². The molecule has 0 spiro atoms. The number of aromatic hydroxyl groups is 2. The number of aldehydes is 4. The van der Waals surface area contributed by atoms with Crippen molar-refractivity contribution in [2.45, 2.75) is 74.6 Å². The number of carbonyl (C=O) groups is 8. The maximum Gasteiger partial charge on any atom is 1.00 e. The minimum atomic E-state index is -0.613. The normalized spacial score (nSPS) is 9.56. The molecule has 2 heterocycles. The van der Waals surface area contributed by atoms with E-state index in [0.717, 1.165) is 79.5 Å². The quantitative estimate of drug-likeness (QED) is 0.00691. The zero-order chi connectivity index (χ0) is 90.1. The number of furan rings is 2. The summed E-state index contributed by atoms with van der Waals surface area (Å²) >= 11 is 4.86. The second kappa shape index (κ2) is 65.8. The largest absolute Gasteiger partial charge is 1.00 e. The Morgan fingerprint density at radius 3 is 1.17 bits per heavy atom. The smallest absolute Gasteiger partial charge is 1.00 e. The van der Waals surface area contributed by atoms with Crippen molar-refractivity contribution in [3.05, 3.63) is 365 Å². The van der Waals surface area contributed by atoms with Crippen LogP contribution in [-0.4, -0.2) is 91.0 Å². The number of halogens is 4. The molecule has 0 fully saturated rings. The molecular weight excluding hydrogens is 1700 g/mol. The second-order valence-electron chi connectivity index (χ2n) is 24.7. The van der Waals surface area contributed by atoms with Gasteiger partial charge in [-0.3, -0.25) is 28.8 Å². The van der Waals surface area contributed by atoms with Gasteiger partial charge in [-0.1, -0.05) is 185 Å². The number of esters is 2. The third-order valence-corrected chi connectivity index (χ3v) is 15.9. The molecule has 23 nitrogen and oxygen atoms in total. The van der Waals surface area contributed by atoms with Gasteiger partial charge in [0, 0.05) is 43.3 Å². The first-order chi connectivity index (χ1) is 59.4. The molecule has 654 valence electrons. The van der Waals surface area contributed by atoms with Crippen molar-refractivity contribution in [1.82, 2.24) is 0 Å². The number of phenolic OH excluding ortho intramolecular Hbond substituents is 2. The third-order valence-electron chi connectivity index (χ3n) is 15.6. The summed E-state index contributed by atoms with van der Waals surface area (Å²) in [5.74, 6) is 1.87. The molecule has 0 aliphatic carbocycles. The molecule has 2 aromatic heterocycles. The second-order valence-corrected chi connectivity index (χ2v) is 25.0. The first kappa shape index (κ1) is 112. The number of hydrogen-bond donors (Lipinski definition) is 3. The summed E-state index contributed by atoms with van der Waals surface area (Å²) in [6.45, 7) is 21.8. The molecule has 0 bridgehead atoms. The molecule has 0 radical (unpaired) electrons. The van der Waals surface area contributed by atoms with Crippen molar-refractivity contribution in [2.75, 3.05) is 25.7 Å². The van der Waals surface area contributed by atoms with Crippen LogP contribution in [0.15, 0.2) is 301 Å². The SMILES string of the molecule is C.C=C(F)CCl.C=C(F)COc1cc(OCc2ccccc2)ccc1C=O.C=C(F)Cc1c(OCc2ccccc2)ccc(C=O)c1O.C=CC(=O)OCC.CCOC(=O)/C=C/c1ccc(OCc2ccccc2)c2cc(C)oc12.Cc1cc2c(OCc3ccccc3)ccc(C=O)c2o1.O=CO.O=CO[O-].O=Cc1ccc(OCc2ccccc2)cc1O.[H-].[HH].[K+].[K+]. The first-order valence-electron chi connectivity index (χ1n) is 37.1. The van der Waals surface area contributed by atoms with E-state index >= 15 is 0 Å². The predicted molar refractivity (Wildman–Crippen MR) is 469 cm³/mol. The van der Waals surface area contributed by atoms with Gasteiger partial charge < -0.3 is 73.6 Å². The summed E-state index contributed by atoms with van der Waals surface area (Å²) in [6.07, 6.45) is 6.62. The number of fused-ring (bicyclic) bond motifs is 2. The average Bonchev–Trinajstić information content (AvgIpc) is 1.66. The van der Waals surface area contributed by atoms with Gasteiger partial charge in [0.1, 0.15) is 120 Å². The summed E-state index contributed by atoms with van der Waals surface area (Å²) in [5, 5.41) is 36.5. The zero-order valence-corrected chi connectivity index (χ0v) is 76.6. The molecule has 3 N–H and O–H groups in total. The number of benzene rings is 10. The minimum absolute atomic E-state index is 0. The van der Waals surface area contributed by atoms with Crippen molar-refractivity contribution in [3.63, 3.8) is 0 Å². The number of rotatable bonds is 31. The van der Waals surface area contributed by atoms with E-state index in [4.69, 9.17) is 73.5 Å². The zero-order valence-electron chi connectivity index (χ0n) is 70.6. The summed E-state index contributed by atoms with van der Waals surface area (Å²) < 4.78 is 91.3. The summed E-state index contributed by atoms with van der Waals surface area (Å²) in [7, 11) is 0. The minimum Gasteiger partial charge on any atom is -1.00 e. The van der Waals surface area contributed by atoms with E-state index < -0.39 is 17.5 Å². The Morgan fingerprint density at radius 1 is 0.468 bits per heavy atom. The summed E-state index contributed by atoms with van der Waals surface area (Å²) in [6, 6.07) is 72.4. The van der Waals surface area contributed by atoms with Gasteiger partial charge in [0.05, 0.1) is 57.9 Å². The molecule has 0 aliphatic heterocycles. The number of phenols is 2. The molecule has 0 saturated heterocycles. The van der Waals surface area contributed by atoms with Crippen molar-refractivity contribution < 1.29 is 229 Å². The molecule has 0 unspecified atom stereocenters. The van der Waals surface area contributed by atoms with Crippen LogP contribution in [0.3, 0.4) is 0 Å². The Balaban J connectivity index is 0. The molecule has 0 amide bonds. The number of aryl methyl sites for hydroxylation is 2. The fourth-order valence-corrected chi connectivity index (χ4v) is 10.1. The van der Waals surface area contributed by atoms with E-state index in [9.17, 15) is 52.2 Å². The van der Waals surface area contributed by atoms with E-state index in [1.807, 2.05) is 196 Å². The molecule has 126 heavy (non-hydrogen) atoms. The Hall–Kier alpha value is -11.7. The van der Waals surface area contributed by atoms with Crippen molar-refractivity contribution in [1.29, 1.82) is 0 Å². The van der Waals surface area contributed by atoms with E-state index in [1.165, 1.54) is 24.3 Å². The Morgan fingerprint density at radius 2 is 0.817 bits per heavy atom. The summed E-state index contributed by atoms with van der Waals surface area (Å²) in [4.78, 5) is 84.5. The fourth-order valence-electron chi connectivity index (χ4n) is 10.1. The third kappa shape index (κ3) is 43.2. The van der Waals surface area contributed by atoms with Gasteiger partial charge in [0.25, 0.3) is 12.9 Å². The number of carbonyl (C=O) groups excluding carboxylic acids is 7. The number of allylic oxidation sites excluding steroid dienone is 2. The van der Waals surface area contributed by atoms with E-state index in [2.05, 4.69) is 35.9 Å². The predicted octanol–water partition coefficient (Wildman–Crippen LogP) is 15.1. The number of alkyl halides is 1. The Labute approximate surface area is 822 Å². The topological polar surface area (TPSA) is 330 Å². The first-order valence-corrected chi connectivity index (χ1v) is 37.6. The maximum absolute atomic E-state index is 13.1. The van der Waals surface area contributed by atoms with Crippen LogP contribution in [0.1, 0.15) is 116 Å². The molecule has 29 heteroatoms. The van der Waals surface area contributed by atoms with Crippen LogP contribution < -0.4 is 136 Å². The molecule has 0 atom stereocenters. The summed E-state index contributed by atoms with van der Waals surface area (Å²) in [5.41, 5.74) is 8.77. The van der Waals surface area contributed by atoms with E-state index in [1.54, 1.807) is 56.3 Å². The van der Waals surface area contributed by atoms with Crippen LogP contribution in [0.4, 0.5) is 13.2 Å². The monoisotopic (exact) mass is 1800 g/mol. The molecule has 12 aromatic rings. The van der Waals surface area contributed by atoms with Gasteiger partial charge in [0.2, 0.25) is 0 Å². The molecule has 12 rings (SSSR count). The molecule has 0 aliphatic rings. The van der Waals surface area contributed by atoms with Crippen molar-refractivity contribution in [3.8, 4) is 46.0 Å². The van der Waals surface area contributed by atoms with Gasteiger partial charge in [-0.25, -0.2) is 22.8 Å². The number of ether oxygens (including phenoxy) is 8. The van der Waals surface area contributed by atoms with Gasteiger partial charge in [-0.15, -0.1) is 11.6 Å². The van der Waals surface area contributed by atoms with Crippen LogP contribution >= 0.6 is 11.6 Å². The van der Waals surface area contributed by atoms with E-state index in [0.29, 0.717) is 98.0 Å². The Bertz CT molecular complexity index is 5360. The number of carboxylic acid groups (broad SMARTS) is 1. The maximum atomic E-state index is 13.1. The average molecular weight is 1800 g/mol.